The van der Waals surface area contributed by atoms with Gasteiger partial charge in [0.25, 0.3) is 0 Å². The fourth-order valence-corrected chi connectivity index (χ4v) is 3.61. The third-order valence-electron chi connectivity index (χ3n) is 4.31. The van der Waals surface area contributed by atoms with Gasteiger partial charge in [-0.1, -0.05) is 36.8 Å². The molecule has 3 rings (SSSR count). The molecule has 1 aromatic rings. The van der Waals surface area contributed by atoms with Crippen LogP contribution in [-0.4, -0.2) is 17.5 Å². The molecule has 0 spiro atoms. The van der Waals surface area contributed by atoms with Gasteiger partial charge in [0.15, 0.2) is 0 Å². The lowest BCUT2D eigenvalue weighted by atomic mass is 9.89. The molecule has 1 saturated carbocycles. The summed E-state index contributed by atoms with van der Waals surface area (Å²) < 4.78 is 0. The first-order valence-corrected chi connectivity index (χ1v) is 6.38. The summed E-state index contributed by atoms with van der Waals surface area (Å²) in [7, 11) is 0. The molecule has 90 valence electrons. The van der Waals surface area contributed by atoms with Crippen LogP contribution in [0.2, 0.25) is 0 Å². The molecular formula is C14H18N2O. The molecule has 1 saturated heterocycles. The molecule has 0 radical (unpaired) electrons. The fraction of sp³-hybridized carbons (Fsp3) is 0.500. The van der Waals surface area contributed by atoms with Gasteiger partial charge >= 0.3 is 6.03 Å². The van der Waals surface area contributed by atoms with Crippen molar-refractivity contribution in [3.63, 3.8) is 0 Å². The second kappa shape index (κ2) is 4.06. The molecule has 1 aliphatic heterocycles. The molecule has 3 atom stereocenters. The monoisotopic (exact) mass is 230 g/mol. The standard InChI is InChI=1S/C14H18N2O/c15-14(17)16-9-11-7-4-8-12(11)13(16)10-5-2-1-3-6-10/h1-3,5-6,11-13H,4,7-9H2,(H2,15,17). The maximum absolute atomic E-state index is 11.6. The zero-order chi connectivity index (χ0) is 11.8. The molecule has 3 unspecified atom stereocenters. The molecule has 3 nitrogen and oxygen atoms in total. The van der Waals surface area contributed by atoms with Crippen LogP contribution >= 0.6 is 0 Å². The van der Waals surface area contributed by atoms with Crippen LogP contribution in [0.25, 0.3) is 0 Å². The predicted octanol–water partition coefficient (Wildman–Crippen LogP) is 2.54. The summed E-state index contributed by atoms with van der Waals surface area (Å²) >= 11 is 0. The number of nitrogens with zero attached hydrogens (tertiary/aromatic N) is 1. The Morgan fingerprint density at radius 1 is 1.24 bits per heavy atom. The van der Waals surface area contributed by atoms with E-state index in [1.54, 1.807) is 0 Å². The highest BCUT2D eigenvalue weighted by Gasteiger charge is 2.45. The van der Waals surface area contributed by atoms with E-state index in [1.807, 2.05) is 23.1 Å². The zero-order valence-corrected chi connectivity index (χ0v) is 9.88. The van der Waals surface area contributed by atoms with Crippen LogP contribution in [-0.2, 0) is 0 Å². The van der Waals surface area contributed by atoms with Gasteiger partial charge in [-0.2, -0.15) is 0 Å². The molecule has 17 heavy (non-hydrogen) atoms. The second-order valence-corrected chi connectivity index (χ2v) is 5.20. The molecular weight excluding hydrogens is 212 g/mol. The average molecular weight is 230 g/mol. The second-order valence-electron chi connectivity index (χ2n) is 5.20. The van der Waals surface area contributed by atoms with Gasteiger partial charge in [-0.05, 0) is 30.2 Å². The number of hydrogen-bond donors (Lipinski definition) is 1. The van der Waals surface area contributed by atoms with E-state index < -0.39 is 0 Å². The molecule has 0 aromatic heterocycles. The van der Waals surface area contributed by atoms with Crippen LogP contribution in [0.5, 0.6) is 0 Å². The number of nitrogens with two attached hydrogens (primary N) is 1. The van der Waals surface area contributed by atoms with Crippen molar-refractivity contribution in [2.45, 2.75) is 25.3 Å². The summed E-state index contributed by atoms with van der Waals surface area (Å²) in [6.07, 6.45) is 3.77. The zero-order valence-electron chi connectivity index (χ0n) is 9.88. The molecule has 2 amide bonds. The lowest BCUT2D eigenvalue weighted by Crippen LogP contribution is -2.36. The predicted molar refractivity (Wildman–Crippen MR) is 66.3 cm³/mol. The number of hydrogen-bond acceptors (Lipinski definition) is 1. The van der Waals surface area contributed by atoms with E-state index in [1.165, 1.54) is 24.8 Å². The van der Waals surface area contributed by atoms with Crippen LogP contribution in [0.1, 0.15) is 30.9 Å². The number of benzene rings is 1. The van der Waals surface area contributed by atoms with Gasteiger partial charge in [-0.15, -0.1) is 0 Å². The van der Waals surface area contributed by atoms with Gasteiger partial charge < -0.3 is 10.6 Å². The Kier molecular flexibility index (Phi) is 2.54. The van der Waals surface area contributed by atoms with E-state index in [-0.39, 0.29) is 12.1 Å². The van der Waals surface area contributed by atoms with Gasteiger partial charge in [0.05, 0.1) is 6.04 Å². The Balaban J connectivity index is 1.95. The minimum atomic E-state index is -0.270. The van der Waals surface area contributed by atoms with Crippen molar-refractivity contribution in [2.24, 2.45) is 17.6 Å². The number of carbonyl (C=O) groups is 1. The molecule has 3 heteroatoms. The largest absolute Gasteiger partial charge is 0.351 e. The third-order valence-corrected chi connectivity index (χ3v) is 4.31. The van der Waals surface area contributed by atoms with E-state index in [4.69, 9.17) is 5.73 Å². The Morgan fingerprint density at radius 2 is 2.00 bits per heavy atom. The number of rotatable bonds is 1. The molecule has 1 aliphatic carbocycles. The number of fused-ring (bicyclic) bond motifs is 1. The smallest absolute Gasteiger partial charge is 0.315 e. The average Bonchev–Trinajstić information content (AvgIpc) is 2.89. The molecule has 2 aliphatic rings. The van der Waals surface area contributed by atoms with Gasteiger partial charge in [0.1, 0.15) is 0 Å². The lowest BCUT2D eigenvalue weighted by Gasteiger charge is -2.26. The van der Waals surface area contributed by atoms with E-state index in [2.05, 4.69) is 12.1 Å². The first-order chi connectivity index (χ1) is 8.27. The van der Waals surface area contributed by atoms with Gasteiger partial charge in [0.2, 0.25) is 0 Å². The summed E-state index contributed by atoms with van der Waals surface area (Å²) in [6.45, 7) is 0.847. The summed E-state index contributed by atoms with van der Waals surface area (Å²) in [5.74, 6) is 1.28. The van der Waals surface area contributed by atoms with Crippen molar-refractivity contribution in [1.82, 2.24) is 4.90 Å². The van der Waals surface area contributed by atoms with Crippen molar-refractivity contribution in [2.75, 3.05) is 6.54 Å². The van der Waals surface area contributed by atoms with Crippen LogP contribution in [0, 0.1) is 11.8 Å². The Morgan fingerprint density at radius 3 is 2.71 bits per heavy atom. The van der Waals surface area contributed by atoms with Crippen molar-refractivity contribution < 1.29 is 4.79 Å². The molecule has 2 N–H and O–H groups in total. The highest BCUT2D eigenvalue weighted by molar-refractivity contribution is 5.73. The maximum Gasteiger partial charge on any atom is 0.315 e. The van der Waals surface area contributed by atoms with Gasteiger partial charge in [-0.3, -0.25) is 0 Å². The number of urea groups is 1. The van der Waals surface area contributed by atoms with E-state index >= 15 is 0 Å². The summed E-state index contributed by atoms with van der Waals surface area (Å²) in [5, 5.41) is 0. The number of carbonyl (C=O) groups excluding carboxylic acids is 1. The maximum atomic E-state index is 11.6. The van der Waals surface area contributed by atoms with Gasteiger partial charge in [0, 0.05) is 6.54 Å². The number of primary amides is 1. The van der Waals surface area contributed by atoms with Crippen molar-refractivity contribution in [3.05, 3.63) is 35.9 Å². The Hall–Kier alpha value is -1.51. The van der Waals surface area contributed by atoms with E-state index in [9.17, 15) is 4.79 Å². The minimum absolute atomic E-state index is 0.209. The lowest BCUT2D eigenvalue weighted by molar-refractivity contribution is 0.194. The summed E-state index contributed by atoms with van der Waals surface area (Å²) in [5.41, 5.74) is 6.75. The molecule has 1 heterocycles. The number of likely N-dealkylation sites (tertiary alicyclic amines) is 1. The van der Waals surface area contributed by atoms with Gasteiger partial charge in [-0.25, -0.2) is 4.79 Å². The van der Waals surface area contributed by atoms with E-state index in [0.29, 0.717) is 11.8 Å². The SMILES string of the molecule is NC(=O)N1CC2CCCC2C1c1ccccc1. The quantitative estimate of drug-likeness (QED) is 0.791. The molecule has 0 bridgehead atoms. The highest BCUT2D eigenvalue weighted by Crippen LogP contribution is 2.49. The summed E-state index contributed by atoms with van der Waals surface area (Å²) in [6, 6.07) is 10.3. The van der Waals surface area contributed by atoms with Crippen molar-refractivity contribution in [1.29, 1.82) is 0 Å². The minimum Gasteiger partial charge on any atom is -0.351 e. The first-order valence-electron chi connectivity index (χ1n) is 6.38. The van der Waals surface area contributed by atoms with Crippen molar-refractivity contribution in [3.8, 4) is 0 Å². The van der Waals surface area contributed by atoms with Crippen molar-refractivity contribution >= 4 is 6.03 Å². The highest BCUT2D eigenvalue weighted by atomic mass is 16.2. The summed E-state index contributed by atoms with van der Waals surface area (Å²) in [4.78, 5) is 13.4. The van der Waals surface area contributed by atoms with E-state index in [0.717, 1.165) is 6.54 Å². The Labute approximate surface area is 102 Å². The van der Waals surface area contributed by atoms with Crippen LogP contribution in [0.15, 0.2) is 30.3 Å². The normalized spacial score (nSPS) is 31.5. The molecule has 2 fully saturated rings. The third kappa shape index (κ3) is 1.70. The van der Waals surface area contributed by atoms with Crippen LogP contribution in [0.4, 0.5) is 4.79 Å². The topological polar surface area (TPSA) is 46.3 Å². The Bertz CT molecular complexity index is 417. The van der Waals surface area contributed by atoms with Crippen LogP contribution in [0.3, 0.4) is 0 Å². The fourth-order valence-electron chi connectivity index (χ4n) is 3.61. The number of amides is 2. The molecule has 1 aromatic carbocycles. The first kappa shape index (κ1) is 10.6. The van der Waals surface area contributed by atoms with Crippen LogP contribution < -0.4 is 5.73 Å².